The molecule has 0 aliphatic heterocycles. The molecule has 0 saturated carbocycles. The van der Waals surface area contributed by atoms with Crippen molar-refractivity contribution in [2.24, 2.45) is 0 Å². The minimum Gasteiger partial charge on any atom is -2.00 e. The van der Waals surface area contributed by atoms with Crippen LogP contribution < -0.4 is 103 Å². The Morgan fingerprint density at radius 3 is 1.12 bits per heavy atom. The molecule has 0 fully saturated rings. The third kappa shape index (κ3) is 53.0. The largest absolute Gasteiger partial charge is 2.00 e. The van der Waals surface area contributed by atoms with E-state index in [1.807, 2.05) is 0 Å². The minimum atomic E-state index is -1.83. The van der Waals surface area contributed by atoms with Crippen LogP contribution in [0.25, 0.3) is 0 Å². The van der Waals surface area contributed by atoms with Crippen LogP contribution >= 0.6 is 0 Å². The third-order valence-electron chi connectivity index (χ3n) is 0. The van der Waals surface area contributed by atoms with Crippen molar-refractivity contribution in [3.05, 3.63) is 0 Å². The van der Waals surface area contributed by atoms with Crippen molar-refractivity contribution in [3.63, 3.8) is 0 Å². The first-order valence-electron chi connectivity index (χ1n) is 0.651. The van der Waals surface area contributed by atoms with Gasteiger partial charge in [0, 0.05) is 0 Å². The molecule has 0 amide bonds. The van der Waals surface area contributed by atoms with Gasteiger partial charge in [-0.1, -0.05) is 0 Å². The molecule has 8 heavy (non-hydrogen) atoms. The van der Waals surface area contributed by atoms with Crippen LogP contribution in [0.5, 0.6) is 0 Å². The van der Waals surface area contributed by atoms with Gasteiger partial charge in [0.15, 0.2) is 0 Å². The standard InChI is InChI=1S/CH2O3.Ca.2K.O/c2-1(3)4;;;;/h(H2,2,3,4);;;;/q;+2;2*+1;-2. The summed E-state index contributed by atoms with van der Waals surface area (Å²) in [7, 11) is 0. The molecule has 2 N–H and O–H groups in total. The first kappa shape index (κ1) is 29.8. The maximum Gasteiger partial charge on any atom is 2.00 e. The Labute approximate surface area is 162 Å². The summed E-state index contributed by atoms with van der Waals surface area (Å²) in [5.74, 6) is 0. The van der Waals surface area contributed by atoms with Crippen LogP contribution in [-0.2, 0) is 5.48 Å². The van der Waals surface area contributed by atoms with Gasteiger partial charge in [-0.2, -0.15) is 0 Å². The molecular weight excluding hydrogens is 194 g/mol. The van der Waals surface area contributed by atoms with Gasteiger partial charge in [0.05, 0.1) is 0 Å². The van der Waals surface area contributed by atoms with E-state index in [4.69, 9.17) is 15.0 Å². The molecule has 4 nitrogen and oxygen atoms in total. The SMILES string of the molecule is O=C(O)O.[Ca+2].[K+].[K+].[O-2]. The Kier molecular flexibility index (Phi) is 83.5. The van der Waals surface area contributed by atoms with E-state index in [-0.39, 0.29) is 146 Å². The van der Waals surface area contributed by atoms with Crippen molar-refractivity contribution in [2.45, 2.75) is 0 Å². The fraction of sp³-hybridized carbons (Fsp3) is 0. The second-order valence-corrected chi connectivity index (χ2v) is 0.283. The maximum atomic E-state index is 8.56. The average molecular weight is 196 g/mol. The van der Waals surface area contributed by atoms with Gasteiger partial charge in [-0.3, -0.25) is 0 Å². The molecular formula is CH2CaK2O4+2. The summed E-state index contributed by atoms with van der Waals surface area (Å²) in [6.07, 6.45) is -1.83. The first-order chi connectivity index (χ1) is 1.73. The van der Waals surface area contributed by atoms with E-state index < -0.39 is 6.16 Å². The van der Waals surface area contributed by atoms with E-state index in [2.05, 4.69) is 0 Å². The number of hydrogen-bond donors (Lipinski definition) is 2. The molecule has 0 aromatic heterocycles. The Morgan fingerprint density at radius 2 is 1.12 bits per heavy atom. The zero-order chi connectivity index (χ0) is 3.58. The van der Waals surface area contributed by atoms with Crippen LogP contribution in [0.3, 0.4) is 0 Å². The summed E-state index contributed by atoms with van der Waals surface area (Å²) in [5, 5.41) is 13.9. The quantitative estimate of drug-likeness (QED) is 0.378. The zero-order valence-electron chi connectivity index (χ0n) is 4.92. The summed E-state index contributed by atoms with van der Waals surface area (Å²) in [5.41, 5.74) is 0. The summed E-state index contributed by atoms with van der Waals surface area (Å²) in [6, 6.07) is 0. The number of hydrogen-bond acceptors (Lipinski definition) is 1. The van der Waals surface area contributed by atoms with Crippen LogP contribution in [0.15, 0.2) is 0 Å². The predicted octanol–water partition coefficient (Wildman–Crippen LogP) is -6.27. The molecule has 0 spiro atoms. The Morgan fingerprint density at radius 1 is 1.12 bits per heavy atom. The molecule has 0 atom stereocenters. The molecule has 32 valence electrons. The minimum absolute atomic E-state index is 0. The smallest absolute Gasteiger partial charge is 2.00 e. The van der Waals surface area contributed by atoms with Crippen LogP contribution in [0.2, 0.25) is 0 Å². The second kappa shape index (κ2) is 22.4. The number of carbonyl (C=O) groups is 1. The predicted molar refractivity (Wildman–Crippen MR) is 17.1 cm³/mol. The number of carboxylic acid groups (broad SMARTS) is 2. The van der Waals surface area contributed by atoms with Crippen molar-refractivity contribution in [1.82, 2.24) is 0 Å². The molecule has 0 saturated heterocycles. The van der Waals surface area contributed by atoms with Crippen molar-refractivity contribution in [3.8, 4) is 0 Å². The normalized spacial score (nSPS) is 3.00. The molecule has 0 aromatic carbocycles. The summed E-state index contributed by atoms with van der Waals surface area (Å²) in [6.45, 7) is 0. The molecule has 7 heteroatoms. The van der Waals surface area contributed by atoms with Crippen molar-refractivity contribution < 1.29 is 123 Å². The van der Waals surface area contributed by atoms with Crippen molar-refractivity contribution in [2.75, 3.05) is 0 Å². The van der Waals surface area contributed by atoms with Gasteiger partial charge in [0.2, 0.25) is 0 Å². The maximum absolute atomic E-state index is 8.56. The van der Waals surface area contributed by atoms with Gasteiger partial charge in [-0.05, 0) is 0 Å². The first-order valence-corrected chi connectivity index (χ1v) is 0.651. The zero-order valence-corrected chi connectivity index (χ0v) is 13.4. The Hall–Kier alpha value is 3.76. The molecule has 0 rings (SSSR count). The van der Waals surface area contributed by atoms with E-state index in [1.54, 1.807) is 0 Å². The van der Waals surface area contributed by atoms with E-state index in [9.17, 15) is 0 Å². The van der Waals surface area contributed by atoms with Gasteiger partial charge < -0.3 is 15.7 Å². The second-order valence-electron chi connectivity index (χ2n) is 0.283. The van der Waals surface area contributed by atoms with Crippen LogP contribution in [0.4, 0.5) is 4.79 Å². The molecule has 0 aliphatic rings. The van der Waals surface area contributed by atoms with Gasteiger partial charge in [-0.15, -0.1) is 0 Å². The number of rotatable bonds is 0. The summed E-state index contributed by atoms with van der Waals surface area (Å²) >= 11 is 0. The van der Waals surface area contributed by atoms with Gasteiger partial charge in [0.25, 0.3) is 0 Å². The van der Waals surface area contributed by atoms with Gasteiger partial charge >= 0.3 is 147 Å². The molecule has 0 aromatic rings. The Bertz CT molecular complexity index is 37.0. The topological polar surface area (TPSA) is 86.0 Å². The van der Waals surface area contributed by atoms with Crippen molar-refractivity contribution >= 4 is 43.9 Å². The van der Waals surface area contributed by atoms with Crippen LogP contribution in [-0.4, -0.2) is 54.1 Å². The van der Waals surface area contributed by atoms with E-state index in [0.29, 0.717) is 0 Å². The van der Waals surface area contributed by atoms with E-state index in [0.717, 1.165) is 0 Å². The third-order valence-corrected chi connectivity index (χ3v) is 0. The Balaban J connectivity index is -0.00000000750. The van der Waals surface area contributed by atoms with Crippen LogP contribution in [0, 0.1) is 0 Å². The molecule has 0 bridgehead atoms. The summed E-state index contributed by atoms with van der Waals surface area (Å²) in [4.78, 5) is 8.56. The van der Waals surface area contributed by atoms with E-state index >= 15 is 0 Å². The average Bonchev–Trinajstić information content (AvgIpc) is 0.811. The molecule has 0 aliphatic carbocycles. The fourth-order valence-corrected chi connectivity index (χ4v) is 0. The summed E-state index contributed by atoms with van der Waals surface area (Å²) < 4.78 is 0. The van der Waals surface area contributed by atoms with Gasteiger partial charge in [-0.25, -0.2) is 4.79 Å². The molecule has 0 radical (unpaired) electrons. The monoisotopic (exact) mass is 196 g/mol. The fourth-order valence-electron chi connectivity index (χ4n) is 0. The van der Waals surface area contributed by atoms with Crippen LogP contribution in [0.1, 0.15) is 0 Å². The van der Waals surface area contributed by atoms with E-state index in [1.165, 1.54) is 0 Å². The van der Waals surface area contributed by atoms with Crippen molar-refractivity contribution in [1.29, 1.82) is 0 Å². The molecule has 0 heterocycles. The molecule has 0 unspecified atom stereocenters. The van der Waals surface area contributed by atoms with Gasteiger partial charge in [0.1, 0.15) is 0 Å².